The number of aromatic nitrogens is 2. The lowest BCUT2D eigenvalue weighted by Gasteiger charge is -2.15. The Bertz CT molecular complexity index is 1620. The molecule has 0 amide bonds. The Hall–Kier alpha value is -3.69. The fourth-order valence-electron chi connectivity index (χ4n) is 3.92. The number of carboxylic acids is 1. The SMILES string of the molecule is CCOc1cc(C=Nn2c([C@@H](C)CC)nc3ccc(Br)cc3c2=O)cc(Cl)c1OCc1cccc(C(=O)O)c1. The molecule has 4 aromatic rings. The molecule has 0 saturated heterocycles. The van der Waals surface area contributed by atoms with Crippen LogP contribution in [0.25, 0.3) is 10.9 Å². The van der Waals surface area contributed by atoms with Crippen molar-refractivity contribution in [3.63, 3.8) is 0 Å². The van der Waals surface area contributed by atoms with Crippen molar-refractivity contribution in [3.05, 3.63) is 97.0 Å². The number of halogens is 2. The number of benzene rings is 3. The van der Waals surface area contributed by atoms with Crippen LogP contribution in [0.3, 0.4) is 0 Å². The summed E-state index contributed by atoms with van der Waals surface area (Å²) in [6.45, 7) is 6.33. The maximum absolute atomic E-state index is 13.4. The minimum absolute atomic E-state index is 0.000811. The van der Waals surface area contributed by atoms with Crippen LogP contribution in [-0.2, 0) is 6.61 Å². The van der Waals surface area contributed by atoms with Gasteiger partial charge in [-0.25, -0.2) is 9.78 Å². The fraction of sp³-hybridized carbons (Fsp3) is 0.241. The zero-order chi connectivity index (χ0) is 28.1. The fourth-order valence-corrected chi connectivity index (χ4v) is 4.55. The Morgan fingerprint density at radius 3 is 2.69 bits per heavy atom. The molecule has 8 nitrogen and oxygen atoms in total. The van der Waals surface area contributed by atoms with Crippen molar-refractivity contribution in [3.8, 4) is 11.5 Å². The van der Waals surface area contributed by atoms with Gasteiger partial charge >= 0.3 is 5.97 Å². The van der Waals surface area contributed by atoms with Gasteiger partial charge in [-0.3, -0.25) is 4.79 Å². The molecule has 0 unspecified atom stereocenters. The van der Waals surface area contributed by atoms with E-state index in [-0.39, 0.29) is 28.7 Å². The summed E-state index contributed by atoms with van der Waals surface area (Å²) < 4.78 is 13.8. The highest BCUT2D eigenvalue weighted by molar-refractivity contribution is 9.10. The van der Waals surface area contributed by atoms with E-state index < -0.39 is 5.97 Å². The highest BCUT2D eigenvalue weighted by atomic mass is 79.9. The van der Waals surface area contributed by atoms with Gasteiger partial charge in [0.15, 0.2) is 11.5 Å². The summed E-state index contributed by atoms with van der Waals surface area (Å²) in [6, 6.07) is 15.3. The molecule has 1 aromatic heterocycles. The zero-order valence-corrected chi connectivity index (χ0v) is 24.0. The average molecular weight is 613 g/mol. The first kappa shape index (κ1) is 28.3. The second-order valence-corrected chi connectivity index (χ2v) is 10.2. The monoisotopic (exact) mass is 611 g/mol. The third-order valence-corrected chi connectivity index (χ3v) is 6.87. The lowest BCUT2D eigenvalue weighted by Crippen LogP contribution is -2.23. The largest absolute Gasteiger partial charge is 0.490 e. The Morgan fingerprint density at radius 1 is 1.18 bits per heavy atom. The number of rotatable bonds is 10. The van der Waals surface area contributed by atoms with Gasteiger partial charge in [-0.05, 0) is 66.9 Å². The minimum atomic E-state index is -1.02. The van der Waals surface area contributed by atoms with Crippen LogP contribution in [-0.4, -0.2) is 33.6 Å². The molecule has 0 saturated carbocycles. The summed E-state index contributed by atoms with van der Waals surface area (Å²) in [7, 11) is 0. The molecule has 0 radical (unpaired) electrons. The Morgan fingerprint density at radius 2 is 1.97 bits per heavy atom. The molecule has 0 bridgehead atoms. The van der Waals surface area contributed by atoms with Crippen LogP contribution in [0, 0.1) is 0 Å². The van der Waals surface area contributed by atoms with Gasteiger partial charge in [-0.1, -0.05) is 53.5 Å². The maximum Gasteiger partial charge on any atom is 0.335 e. The molecule has 1 heterocycles. The standard InChI is InChI=1S/C29H27BrClN3O5/c1-4-17(3)27-33-24-10-9-21(30)14-22(24)28(35)34(27)32-15-19-12-23(31)26(25(13-19)38-5-2)39-16-18-7-6-8-20(11-18)29(36)37/h6-15,17H,4-5,16H2,1-3H3,(H,36,37)/t17-/m0/s1. The van der Waals surface area contributed by atoms with Crippen molar-refractivity contribution in [1.82, 2.24) is 9.66 Å². The van der Waals surface area contributed by atoms with E-state index in [2.05, 4.69) is 21.0 Å². The molecule has 10 heteroatoms. The van der Waals surface area contributed by atoms with Gasteiger partial charge < -0.3 is 14.6 Å². The second kappa shape index (κ2) is 12.4. The first-order chi connectivity index (χ1) is 18.7. The van der Waals surface area contributed by atoms with Crippen LogP contribution in [0.1, 0.15) is 60.4 Å². The molecule has 39 heavy (non-hydrogen) atoms. The molecule has 0 aliphatic rings. The summed E-state index contributed by atoms with van der Waals surface area (Å²) in [4.78, 5) is 29.4. The molecule has 4 rings (SSSR count). The summed E-state index contributed by atoms with van der Waals surface area (Å²) in [6.07, 6.45) is 2.32. The highest BCUT2D eigenvalue weighted by Crippen LogP contribution is 2.37. The number of hydrogen-bond acceptors (Lipinski definition) is 6. The van der Waals surface area contributed by atoms with E-state index in [0.29, 0.717) is 46.0 Å². The maximum atomic E-state index is 13.4. The van der Waals surface area contributed by atoms with Crippen LogP contribution in [0.2, 0.25) is 5.02 Å². The normalized spacial score (nSPS) is 12.1. The molecule has 3 aromatic carbocycles. The molecular formula is C29H27BrClN3O5. The van der Waals surface area contributed by atoms with Crippen molar-refractivity contribution in [2.24, 2.45) is 5.10 Å². The molecule has 1 atom stereocenters. The van der Waals surface area contributed by atoms with E-state index in [0.717, 1.165) is 10.9 Å². The van der Waals surface area contributed by atoms with Gasteiger partial charge in [0.05, 0.1) is 34.3 Å². The molecule has 0 spiro atoms. The first-order valence-corrected chi connectivity index (χ1v) is 13.6. The van der Waals surface area contributed by atoms with Crippen molar-refractivity contribution >= 4 is 50.6 Å². The Kier molecular flexibility index (Phi) is 9.04. The van der Waals surface area contributed by atoms with Gasteiger partial charge in [0.25, 0.3) is 5.56 Å². The van der Waals surface area contributed by atoms with Crippen molar-refractivity contribution < 1.29 is 19.4 Å². The summed E-state index contributed by atoms with van der Waals surface area (Å²) in [5.41, 5.74) is 1.78. The minimum Gasteiger partial charge on any atom is -0.490 e. The van der Waals surface area contributed by atoms with Gasteiger partial charge in [0.2, 0.25) is 0 Å². The molecule has 0 fully saturated rings. The van der Waals surface area contributed by atoms with Gasteiger partial charge in [-0.15, -0.1) is 0 Å². The highest BCUT2D eigenvalue weighted by Gasteiger charge is 2.17. The van der Waals surface area contributed by atoms with E-state index in [4.69, 9.17) is 26.1 Å². The van der Waals surface area contributed by atoms with Gasteiger partial charge in [-0.2, -0.15) is 9.78 Å². The number of aromatic carboxylic acids is 1. The van der Waals surface area contributed by atoms with Crippen LogP contribution in [0.5, 0.6) is 11.5 Å². The summed E-state index contributed by atoms with van der Waals surface area (Å²) in [5, 5.41) is 14.5. The van der Waals surface area contributed by atoms with Crippen molar-refractivity contribution in [2.75, 3.05) is 6.61 Å². The number of carbonyl (C=O) groups is 1. The summed E-state index contributed by atoms with van der Waals surface area (Å²) in [5.74, 6) is 0.273. The van der Waals surface area contributed by atoms with E-state index in [1.807, 2.05) is 32.9 Å². The number of fused-ring (bicyclic) bond motifs is 1. The Balaban J connectivity index is 1.69. The number of nitrogens with zero attached hydrogens (tertiary/aromatic N) is 3. The van der Waals surface area contributed by atoms with Crippen LogP contribution >= 0.6 is 27.5 Å². The zero-order valence-electron chi connectivity index (χ0n) is 21.6. The average Bonchev–Trinajstić information content (AvgIpc) is 2.92. The van der Waals surface area contributed by atoms with E-state index in [9.17, 15) is 14.7 Å². The Labute approximate surface area is 239 Å². The topological polar surface area (TPSA) is 103 Å². The molecule has 202 valence electrons. The number of hydrogen-bond donors (Lipinski definition) is 1. The molecule has 0 aliphatic heterocycles. The predicted molar refractivity (Wildman–Crippen MR) is 156 cm³/mol. The molecular weight excluding hydrogens is 586 g/mol. The lowest BCUT2D eigenvalue weighted by atomic mass is 10.1. The van der Waals surface area contributed by atoms with E-state index >= 15 is 0 Å². The third-order valence-electron chi connectivity index (χ3n) is 6.10. The van der Waals surface area contributed by atoms with Gasteiger partial charge in [0, 0.05) is 10.4 Å². The van der Waals surface area contributed by atoms with E-state index in [1.165, 1.54) is 17.0 Å². The smallest absolute Gasteiger partial charge is 0.335 e. The van der Waals surface area contributed by atoms with Crippen LogP contribution in [0.15, 0.2) is 69.0 Å². The quantitative estimate of drug-likeness (QED) is 0.196. The van der Waals surface area contributed by atoms with E-state index in [1.54, 1.807) is 36.4 Å². The third kappa shape index (κ3) is 6.49. The number of carboxylic acid groups (broad SMARTS) is 1. The van der Waals surface area contributed by atoms with Crippen LogP contribution < -0.4 is 15.0 Å². The number of ether oxygens (including phenoxy) is 2. The lowest BCUT2D eigenvalue weighted by molar-refractivity contribution is 0.0696. The van der Waals surface area contributed by atoms with Crippen LogP contribution in [0.4, 0.5) is 0 Å². The van der Waals surface area contributed by atoms with Gasteiger partial charge in [0.1, 0.15) is 12.4 Å². The summed E-state index contributed by atoms with van der Waals surface area (Å²) >= 11 is 10.0. The first-order valence-electron chi connectivity index (χ1n) is 12.4. The van der Waals surface area contributed by atoms with Crippen molar-refractivity contribution in [1.29, 1.82) is 0 Å². The molecule has 1 N–H and O–H groups in total. The van der Waals surface area contributed by atoms with Crippen molar-refractivity contribution in [2.45, 2.75) is 39.7 Å². The second-order valence-electron chi connectivity index (χ2n) is 8.86. The molecule has 0 aliphatic carbocycles. The predicted octanol–water partition coefficient (Wildman–Crippen LogP) is 6.88.